The monoisotopic (exact) mass is 464 g/mol. The van der Waals surface area contributed by atoms with E-state index >= 15 is 0 Å². The lowest BCUT2D eigenvalue weighted by atomic mass is 9.97. The highest BCUT2D eigenvalue weighted by molar-refractivity contribution is 6.10. The van der Waals surface area contributed by atoms with Crippen molar-refractivity contribution >= 4 is 43.6 Å². The van der Waals surface area contributed by atoms with Gasteiger partial charge < -0.3 is 9.13 Å². The van der Waals surface area contributed by atoms with E-state index in [1.54, 1.807) is 0 Å². The Kier molecular flexibility index (Phi) is 4.75. The van der Waals surface area contributed by atoms with Gasteiger partial charge in [0.05, 0.1) is 0 Å². The van der Waals surface area contributed by atoms with Gasteiger partial charge in [-0.25, -0.2) is 0 Å². The molecule has 0 bridgehead atoms. The van der Waals surface area contributed by atoms with Gasteiger partial charge in [-0.05, 0) is 78.6 Å². The Balaban J connectivity index is 1.37. The van der Waals surface area contributed by atoms with Crippen LogP contribution in [0.1, 0.15) is 13.8 Å². The Morgan fingerprint density at radius 3 is 1.28 bits per heavy atom. The van der Waals surface area contributed by atoms with E-state index in [0.29, 0.717) is 0 Å². The van der Waals surface area contributed by atoms with Gasteiger partial charge in [-0.2, -0.15) is 0 Å². The minimum atomic E-state index is 0.968. The van der Waals surface area contributed by atoms with Crippen LogP contribution in [-0.2, 0) is 13.1 Å². The molecule has 5 aromatic carbocycles. The van der Waals surface area contributed by atoms with Gasteiger partial charge in [0.25, 0.3) is 0 Å². The van der Waals surface area contributed by atoms with E-state index in [1.165, 1.54) is 65.9 Å². The lowest BCUT2D eigenvalue weighted by Gasteiger charge is -2.08. The molecule has 0 atom stereocenters. The predicted octanol–water partition coefficient (Wildman–Crippen LogP) is 9.28. The van der Waals surface area contributed by atoms with Gasteiger partial charge in [-0.15, -0.1) is 0 Å². The standard InChI is InChI=1S/C34H28N2/c1-3-35-31-14-7-5-12-27(31)29-21-25(16-18-33(29)35)23-10-9-11-24(20-23)26-17-19-34-30(22-26)28-13-6-8-15-32(28)36(34)4-2/h5-22H,3-4H2,1-2H3. The van der Waals surface area contributed by atoms with Crippen molar-refractivity contribution in [3.8, 4) is 22.3 Å². The van der Waals surface area contributed by atoms with Crippen molar-refractivity contribution in [3.63, 3.8) is 0 Å². The fourth-order valence-corrected chi connectivity index (χ4v) is 6.03. The normalized spacial score (nSPS) is 11.8. The lowest BCUT2D eigenvalue weighted by molar-refractivity contribution is 0.827. The van der Waals surface area contributed by atoms with Gasteiger partial charge in [0.1, 0.15) is 0 Å². The third-order valence-electron chi connectivity index (χ3n) is 7.71. The fourth-order valence-electron chi connectivity index (χ4n) is 6.03. The van der Waals surface area contributed by atoms with Crippen LogP contribution < -0.4 is 0 Å². The lowest BCUT2D eigenvalue weighted by Crippen LogP contribution is -1.92. The van der Waals surface area contributed by atoms with Crippen molar-refractivity contribution in [2.24, 2.45) is 0 Å². The molecule has 0 radical (unpaired) electrons. The van der Waals surface area contributed by atoms with E-state index in [-0.39, 0.29) is 0 Å². The average molecular weight is 465 g/mol. The van der Waals surface area contributed by atoms with Crippen LogP contribution in [0.25, 0.3) is 65.9 Å². The molecule has 2 heteroatoms. The van der Waals surface area contributed by atoms with E-state index in [1.807, 2.05) is 0 Å². The molecule has 2 aromatic heterocycles. The van der Waals surface area contributed by atoms with Crippen molar-refractivity contribution < 1.29 is 0 Å². The van der Waals surface area contributed by atoms with Crippen LogP contribution in [0.4, 0.5) is 0 Å². The first-order valence-corrected chi connectivity index (χ1v) is 12.9. The highest BCUT2D eigenvalue weighted by atomic mass is 15.0. The maximum absolute atomic E-state index is 2.41. The maximum atomic E-state index is 2.41. The Morgan fingerprint density at radius 1 is 0.389 bits per heavy atom. The van der Waals surface area contributed by atoms with Crippen molar-refractivity contribution in [2.45, 2.75) is 26.9 Å². The van der Waals surface area contributed by atoms with Crippen LogP contribution in [0.3, 0.4) is 0 Å². The van der Waals surface area contributed by atoms with Crippen LogP contribution in [0.2, 0.25) is 0 Å². The van der Waals surface area contributed by atoms with Gasteiger partial charge in [0, 0.05) is 56.7 Å². The molecule has 0 aliphatic rings. The van der Waals surface area contributed by atoms with E-state index in [9.17, 15) is 0 Å². The quantitative estimate of drug-likeness (QED) is 0.246. The molecule has 0 spiro atoms. The summed E-state index contributed by atoms with van der Waals surface area (Å²) in [6.45, 7) is 6.38. The van der Waals surface area contributed by atoms with Crippen LogP contribution in [0.15, 0.2) is 109 Å². The van der Waals surface area contributed by atoms with Gasteiger partial charge in [-0.3, -0.25) is 0 Å². The Bertz CT molecular complexity index is 1780. The number of fused-ring (bicyclic) bond motifs is 6. The largest absolute Gasteiger partial charge is 0.341 e. The van der Waals surface area contributed by atoms with Crippen molar-refractivity contribution in [3.05, 3.63) is 109 Å². The number of aromatic nitrogens is 2. The molecule has 7 aromatic rings. The first kappa shape index (κ1) is 21.0. The zero-order valence-electron chi connectivity index (χ0n) is 20.7. The minimum Gasteiger partial charge on any atom is -0.341 e. The first-order chi connectivity index (χ1) is 17.8. The molecule has 0 fully saturated rings. The first-order valence-electron chi connectivity index (χ1n) is 12.9. The zero-order chi connectivity index (χ0) is 24.2. The number of aryl methyl sites for hydroxylation is 2. The molecule has 174 valence electrons. The summed E-state index contributed by atoms with van der Waals surface area (Å²) < 4.78 is 4.82. The molecule has 0 amide bonds. The number of hydrogen-bond donors (Lipinski definition) is 0. The number of benzene rings is 5. The van der Waals surface area contributed by atoms with Gasteiger partial charge >= 0.3 is 0 Å². The van der Waals surface area contributed by atoms with Crippen LogP contribution in [-0.4, -0.2) is 9.13 Å². The molecule has 0 saturated carbocycles. The van der Waals surface area contributed by atoms with E-state index < -0.39 is 0 Å². The third-order valence-corrected chi connectivity index (χ3v) is 7.71. The average Bonchev–Trinajstić information content (AvgIpc) is 3.44. The Hall–Kier alpha value is -4.30. The summed E-state index contributed by atoms with van der Waals surface area (Å²) in [4.78, 5) is 0. The molecule has 0 aliphatic carbocycles. The number of nitrogens with zero attached hydrogens (tertiary/aromatic N) is 2. The molecule has 36 heavy (non-hydrogen) atoms. The second-order valence-electron chi connectivity index (χ2n) is 9.57. The summed E-state index contributed by atoms with van der Waals surface area (Å²) in [5.41, 5.74) is 10.2. The molecular weight excluding hydrogens is 436 g/mol. The maximum Gasteiger partial charge on any atom is 0.0491 e. The molecule has 7 rings (SSSR count). The highest BCUT2D eigenvalue weighted by Gasteiger charge is 2.13. The highest BCUT2D eigenvalue weighted by Crippen LogP contribution is 2.36. The minimum absolute atomic E-state index is 0.968. The SMILES string of the molecule is CCn1c2ccccc2c2cc(-c3cccc(-c4ccc5c(c4)c4ccccc4n5CC)c3)ccc21. The summed E-state index contributed by atoms with van der Waals surface area (Å²) in [6, 6.07) is 40.3. The van der Waals surface area contributed by atoms with E-state index in [4.69, 9.17) is 0 Å². The van der Waals surface area contributed by atoms with Gasteiger partial charge in [0.2, 0.25) is 0 Å². The summed E-state index contributed by atoms with van der Waals surface area (Å²) >= 11 is 0. The number of hydrogen-bond acceptors (Lipinski definition) is 0. The van der Waals surface area contributed by atoms with Crippen molar-refractivity contribution in [2.75, 3.05) is 0 Å². The molecule has 0 saturated heterocycles. The van der Waals surface area contributed by atoms with Crippen molar-refractivity contribution in [1.29, 1.82) is 0 Å². The molecule has 0 N–H and O–H groups in total. The molecule has 2 heterocycles. The van der Waals surface area contributed by atoms with Crippen LogP contribution >= 0.6 is 0 Å². The fraction of sp³-hybridized carbons (Fsp3) is 0.118. The Labute approximate surface area is 211 Å². The molecule has 0 aliphatic heterocycles. The molecule has 2 nitrogen and oxygen atoms in total. The third kappa shape index (κ3) is 3.04. The van der Waals surface area contributed by atoms with Crippen LogP contribution in [0.5, 0.6) is 0 Å². The molecular formula is C34H28N2. The van der Waals surface area contributed by atoms with Crippen LogP contribution in [0, 0.1) is 0 Å². The molecule has 0 unspecified atom stereocenters. The number of para-hydroxylation sites is 2. The van der Waals surface area contributed by atoms with Gasteiger partial charge in [-0.1, -0.05) is 66.7 Å². The smallest absolute Gasteiger partial charge is 0.0491 e. The summed E-state index contributed by atoms with van der Waals surface area (Å²) in [5.74, 6) is 0. The zero-order valence-corrected chi connectivity index (χ0v) is 20.7. The second-order valence-corrected chi connectivity index (χ2v) is 9.57. The summed E-state index contributed by atoms with van der Waals surface area (Å²) in [5, 5.41) is 5.29. The van der Waals surface area contributed by atoms with Gasteiger partial charge in [0.15, 0.2) is 0 Å². The second kappa shape index (κ2) is 8.13. The Morgan fingerprint density at radius 2 is 0.806 bits per heavy atom. The summed E-state index contributed by atoms with van der Waals surface area (Å²) in [7, 11) is 0. The number of rotatable bonds is 4. The van der Waals surface area contributed by atoms with E-state index in [2.05, 4.69) is 132 Å². The summed E-state index contributed by atoms with van der Waals surface area (Å²) in [6.07, 6.45) is 0. The topological polar surface area (TPSA) is 9.86 Å². The van der Waals surface area contributed by atoms with Crippen molar-refractivity contribution in [1.82, 2.24) is 9.13 Å². The predicted molar refractivity (Wildman–Crippen MR) is 155 cm³/mol. The van der Waals surface area contributed by atoms with E-state index in [0.717, 1.165) is 13.1 Å².